The van der Waals surface area contributed by atoms with Crippen LogP contribution in [0.3, 0.4) is 0 Å². The highest BCUT2D eigenvalue weighted by molar-refractivity contribution is 6.22. The van der Waals surface area contributed by atoms with Crippen molar-refractivity contribution in [3.63, 3.8) is 0 Å². The lowest BCUT2D eigenvalue weighted by Crippen LogP contribution is -2.10. The molecule has 0 unspecified atom stereocenters. The van der Waals surface area contributed by atoms with Gasteiger partial charge in [0.25, 0.3) is 0 Å². The molecular weight excluding hydrogens is 893 g/mol. The number of benzene rings is 13. The van der Waals surface area contributed by atoms with Crippen LogP contribution in [0.4, 0.5) is 17.1 Å². The largest absolute Gasteiger partial charge is 0.310 e. The molecule has 1 heterocycles. The van der Waals surface area contributed by atoms with E-state index in [9.17, 15) is 0 Å². The minimum atomic E-state index is 1.07. The predicted molar refractivity (Wildman–Crippen MR) is 315 cm³/mol. The van der Waals surface area contributed by atoms with Crippen molar-refractivity contribution in [1.29, 1.82) is 0 Å². The maximum absolute atomic E-state index is 2.43. The van der Waals surface area contributed by atoms with E-state index < -0.39 is 0 Å². The van der Waals surface area contributed by atoms with Gasteiger partial charge in [-0.2, -0.15) is 0 Å². The Bertz CT molecular complexity index is 4420. The fourth-order valence-electron chi connectivity index (χ4n) is 11.6. The van der Waals surface area contributed by atoms with Crippen LogP contribution >= 0.6 is 0 Å². The van der Waals surface area contributed by atoms with Crippen molar-refractivity contribution in [2.75, 3.05) is 4.90 Å². The quantitative estimate of drug-likeness (QED) is 0.131. The van der Waals surface area contributed by atoms with Crippen LogP contribution in [-0.2, 0) is 0 Å². The first-order chi connectivity index (χ1) is 36.7. The monoisotopic (exact) mass is 940 g/mol. The molecule has 74 heavy (non-hydrogen) atoms. The van der Waals surface area contributed by atoms with Gasteiger partial charge in [0.15, 0.2) is 0 Å². The van der Waals surface area contributed by atoms with Crippen LogP contribution in [0.5, 0.6) is 0 Å². The minimum absolute atomic E-state index is 1.07. The zero-order chi connectivity index (χ0) is 49.0. The van der Waals surface area contributed by atoms with Crippen molar-refractivity contribution in [1.82, 2.24) is 4.57 Å². The Hall–Kier alpha value is -9.76. The lowest BCUT2D eigenvalue weighted by atomic mass is 9.84. The van der Waals surface area contributed by atoms with Gasteiger partial charge in [0, 0.05) is 39.1 Å². The van der Waals surface area contributed by atoms with Gasteiger partial charge < -0.3 is 9.47 Å². The second kappa shape index (κ2) is 18.1. The van der Waals surface area contributed by atoms with E-state index in [2.05, 4.69) is 301 Å². The Labute approximate surface area is 430 Å². The van der Waals surface area contributed by atoms with E-state index in [0.717, 1.165) is 45.0 Å². The average molecular weight is 941 g/mol. The molecule has 0 atom stereocenters. The van der Waals surface area contributed by atoms with Crippen LogP contribution in [0.15, 0.2) is 291 Å². The molecule has 2 nitrogen and oxygen atoms in total. The highest BCUT2D eigenvalue weighted by Crippen LogP contribution is 2.47. The number of hydrogen-bond acceptors (Lipinski definition) is 1. The first-order valence-corrected chi connectivity index (χ1v) is 25.5. The molecule has 0 fully saturated rings. The van der Waals surface area contributed by atoms with Gasteiger partial charge in [-0.1, -0.05) is 224 Å². The molecule has 14 rings (SSSR count). The van der Waals surface area contributed by atoms with Gasteiger partial charge in [-0.15, -0.1) is 0 Å². The number of rotatable bonds is 9. The number of fused-ring (bicyclic) bond motifs is 7. The Morgan fingerprint density at radius 2 is 0.703 bits per heavy atom. The molecule has 1 aromatic heterocycles. The molecule has 13 aromatic carbocycles. The second-order valence-electron chi connectivity index (χ2n) is 19.2. The summed E-state index contributed by atoms with van der Waals surface area (Å²) in [6.45, 7) is 0. The van der Waals surface area contributed by atoms with Crippen LogP contribution in [0.25, 0.3) is 115 Å². The SMILES string of the molecule is c1ccc(-c2c(-c3ccccc3)c3cc(-c4cccc(N(c5cccc(-c6ccc7ccccc7c6)c5)c5cccc(-c6cccc7c8ccccc8n(-c8ccccc8)c67)c5)c4)ccc3c3ccccc23)cc1. The molecule has 0 radical (unpaired) electrons. The van der Waals surface area contributed by atoms with Gasteiger partial charge in [-0.05, 0) is 149 Å². The Morgan fingerprint density at radius 1 is 0.243 bits per heavy atom. The molecule has 14 aromatic rings. The van der Waals surface area contributed by atoms with Gasteiger partial charge in [0.1, 0.15) is 0 Å². The molecule has 0 aliphatic carbocycles. The molecule has 0 spiro atoms. The highest BCUT2D eigenvalue weighted by Gasteiger charge is 2.21. The van der Waals surface area contributed by atoms with E-state index in [1.165, 1.54) is 87.5 Å². The van der Waals surface area contributed by atoms with Crippen LogP contribution in [-0.4, -0.2) is 4.57 Å². The van der Waals surface area contributed by atoms with Crippen LogP contribution in [0.1, 0.15) is 0 Å². The van der Waals surface area contributed by atoms with E-state index in [4.69, 9.17) is 0 Å². The van der Waals surface area contributed by atoms with Crippen molar-refractivity contribution in [2.24, 2.45) is 0 Å². The number of para-hydroxylation sites is 3. The Morgan fingerprint density at radius 3 is 1.39 bits per heavy atom. The molecule has 0 amide bonds. The lowest BCUT2D eigenvalue weighted by molar-refractivity contribution is 1.18. The Kier molecular flexibility index (Phi) is 10.6. The zero-order valence-corrected chi connectivity index (χ0v) is 40.6. The summed E-state index contributed by atoms with van der Waals surface area (Å²) in [5.41, 5.74) is 18.6. The van der Waals surface area contributed by atoms with Crippen LogP contribution in [0.2, 0.25) is 0 Å². The summed E-state index contributed by atoms with van der Waals surface area (Å²) in [4.78, 5) is 2.43. The molecule has 0 bridgehead atoms. The van der Waals surface area contributed by atoms with Crippen molar-refractivity contribution in [3.8, 4) is 61.3 Å². The molecule has 0 saturated carbocycles. The standard InChI is InChI=1S/C72H48N2/c1-4-21-50(22-5-1)70-66-36-13-12-34-63(66)64-43-42-56(48-68(64)71(70)51-23-6-2-7-24-51)54-27-17-32-60(46-54)73(59-31-16-26-53(45-59)55-41-40-49-20-10-11-25-52(49)44-55)61-33-18-28-57(47-61)62-37-19-38-67-65-35-14-15-39-69(65)74(72(62)67)58-29-8-3-9-30-58/h1-48H. The number of nitrogens with zero attached hydrogens (tertiary/aromatic N) is 2. The third kappa shape index (κ3) is 7.43. The normalized spacial score (nSPS) is 11.5. The summed E-state index contributed by atoms with van der Waals surface area (Å²) >= 11 is 0. The second-order valence-corrected chi connectivity index (χ2v) is 19.2. The summed E-state index contributed by atoms with van der Waals surface area (Å²) in [6.07, 6.45) is 0. The molecule has 346 valence electrons. The molecule has 2 heteroatoms. The van der Waals surface area contributed by atoms with Crippen LogP contribution in [0, 0.1) is 0 Å². The van der Waals surface area contributed by atoms with Crippen LogP contribution < -0.4 is 4.90 Å². The number of aromatic nitrogens is 1. The first kappa shape index (κ1) is 43.1. The van der Waals surface area contributed by atoms with E-state index in [1.807, 2.05) is 0 Å². The van der Waals surface area contributed by atoms with Crippen molar-refractivity contribution >= 4 is 71.2 Å². The minimum Gasteiger partial charge on any atom is -0.310 e. The van der Waals surface area contributed by atoms with Gasteiger partial charge in [-0.25, -0.2) is 0 Å². The van der Waals surface area contributed by atoms with Crippen molar-refractivity contribution in [2.45, 2.75) is 0 Å². The summed E-state index contributed by atoms with van der Waals surface area (Å²) in [6, 6.07) is 107. The third-order valence-electron chi connectivity index (χ3n) is 14.9. The van der Waals surface area contributed by atoms with Crippen molar-refractivity contribution in [3.05, 3.63) is 291 Å². The maximum atomic E-state index is 2.43. The highest BCUT2D eigenvalue weighted by atomic mass is 15.1. The van der Waals surface area contributed by atoms with Gasteiger partial charge in [0.2, 0.25) is 0 Å². The van der Waals surface area contributed by atoms with E-state index in [-0.39, 0.29) is 0 Å². The predicted octanol–water partition coefficient (Wildman–Crippen LogP) is 20.0. The maximum Gasteiger partial charge on any atom is 0.0619 e. The van der Waals surface area contributed by atoms with Gasteiger partial charge in [0.05, 0.1) is 11.0 Å². The molecule has 0 aliphatic heterocycles. The fourth-order valence-corrected chi connectivity index (χ4v) is 11.6. The topological polar surface area (TPSA) is 8.17 Å². The third-order valence-corrected chi connectivity index (χ3v) is 14.9. The summed E-state index contributed by atoms with van der Waals surface area (Å²) in [5, 5.41) is 9.90. The smallest absolute Gasteiger partial charge is 0.0619 e. The van der Waals surface area contributed by atoms with Gasteiger partial charge >= 0.3 is 0 Å². The fraction of sp³-hybridized carbons (Fsp3) is 0. The van der Waals surface area contributed by atoms with E-state index >= 15 is 0 Å². The zero-order valence-electron chi connectivity index (χ0n) is 40.6. The van der Waals surface area contributed by atoms with Crippen molar-refractivity contribution < 1.29 is 0 Å². The summed E-state index contributed by atoms with van der Waals surface area (Å²) < 4.78 is 2.43. The number of hydrogen-bond donors (Lipinski definition) is 0. The lowest BCUT2D eigenvalue weighted by Gasteiger charge is -2.27. The number of anilines is 3. The average Bonchev–Trinajstić information content (AvgIpc) is 3.82. The van der Waals surface area contributed by atoms with E-state index in [1.54, 1.807) is 0 Å². The first-order valence-electron chi connectivity index (χ1n) is 25.5. The van der Waals surface area contributed by atoms with E-state index in [0.29, 0.717) is 0 Å². The molecule has 0 aliphatic rings. The summed E-state index contributed by atoms with van der Waals surface area (Å²) in [7, 11) is 0. The Balaban J connectivity index is 0.967. The molecular formula is C72H48N2. The summed E-state index contributed by atoms with van der Waals surface area (Å²) in [5.74, 6) is 0. The molecule has 0 saturated heterocycles. The molecule has 0 N–H and O–H groups in total. The van der Waals surface area contributed by atoms with Gasteiger partial charge in [-0.3, -0.25) is 0 Å².